The zero-order valence-corrected chi connectivity index (χ0v) is 14.3. The number of rotatable bonds is 3. The fraction of sp³-hybridized carbons (Fsp3) is 0.526. The number of allylic oxidation sites excluding steroid dienone is 2. The van der Waals surface area contributed by atoms with E-state index in [1.54, 1.807) is 12.1 Å². The lowest BCUT2D eigenvalue weighted by Crippen LogP contribution is -2.40. The van der Waals surface area contributed by atoms with Gasteiger partial charge in [-0.25, -0.2) is 0 Å². The molecule has 4 bridgehead atoms. The van der Waals surface area contributed by atoms with E-state index in [0.717, 1.165) is 5.56 Å². The first kappa shape index (κ1) is 15.4. The van der Waals surface area contributed by atoms with Gasteiger partial charge in [-0.15, -0.1) is 0 Å². The number of ether oxygens (including phenoxy) is 1. The molecule has 0 heterocycles. The lowest BCUT2D eigenvalue weighted by Gasteiger charge is -2.44. The van der Waals surface area contributed by atoms with Gasteiger partial charge in [0.2, 0.25) is 0 Å². The molecule has 0 aromatic heterocycles. The fourth-order valence-corrected chi connectivity index (χ4v) is 6.29. The highest BCUT2D eigenvalue weighted by Crippen LogP contribution is 2.85. The van der Waals surface area contributed by atoms with Gasteiger partial charge in [0.1, 0.15) is 0 Å². The van der Waals surface area contributed by atoms with Crippen LogP contribution in [0.25, 0.3) is 0 Å². The zero-order chi connectivity index (χ0) is 17.4. The highest BCUT2D eigenvalue weighted by Gasteiger charge is 2.82. The third kappa shape index (κ3) is 1.57. The van der Waals surface area contributed by atoms with Gasteiger partial charge in [0.25, 0.3) is 5.69 Å². The standard InChI is InChI=1S/C19H21NO4/c1-10-9-18(2)15(17(21)24-4)14-13(10)19(14,3)16(18)11-5-7-12(8-6-11)20(22)23/h5-9,13-16H,1-4H3/t13?,14?,15?,16-,18?,19?/m1/s1. The van der Waals surface area contributed by atoms with Crippen molar-refractivity contribution in [3.05, 3.63) is 51.6 Å². The van der Waals surface area contributed by atoms with Crippen molar-refractivity contribution in [3.63, 3.8) is 0 Å². The van der Waals surface area contributed by atoms with Crippen molar-refractivity contribution in [2.75, 3.05) is 7.11 Å². The minimum absolute atomic E-state index is 0.0303. The zero-order valence-electron chi connectivity index (χ0n) is 14.3. The van der Waals surface area contributed by atoms with Gasteiger partial charge in [-0.2, -0.15) is 0 Å². The molecule has 24 heavy (non-hydrogen) atoms. The maximum atomic E-state index is 12.5. The van der Waals surface area contributed by atoms with Crippen LogP contribution in [0.15, 0.2) is 35.9 Å². The maximum Gasteiger partial charge on any atom is 0.309 e. The molecule has 1 aromatic carbocycles. The smallest absolute Gasteiger partial charge is 0.309 e. The molecule has 2 saturated carbocycles. The van der Waals surface area contributed by atoms with E-state index in [9.17, 15) is 14.9 Å². The monoisotopic (exact) mass is 327 g/mol. The fourth-order valence-electron chi connectivity index (χ4n) is 6.29. The van der Waals surface area contributed by atoms with Gasteiger partial charge in [-0.3, -0.25) is 14.9 Å². The third-order valence-corrected chi connectivity index (χ3v) is 6.83. The highest BCUT2D eigenvalue weighted by molar-refractivity contribution is 5.78. The summed E-state index contributed by atoms with van der Waals surface area (Å²) < 4.78 is 5.11. The van der Waals surface area contributed by atoms with Crippen LogP contribution in [0.2, 0.25) is 0 Å². The van der Waals surface area contributed by atoms with E-state index in [4.69, 9.17) is 4.74 Å². The molecule has 4 aliphatic rings. The molecule has 0 aliphatic heterocycles. The molecule has 5 rings (SSSR count). The van der Waals surface area contributed by atoms with Crippen molar-refractivity contribution in [3.8, 4) is 0 Å². The van der Waals surface area contributed by atoms with Gasteiger partial charge in [-0.1, -0.05) is 37.6 Å². The molecule has 126 valence electrons. The van der Waals surface area contributed by atoms with E-state index in [-0.39, 0.29) is 39.2 Å². The number of methoxy groups -OCH3 is 1. The Labute approximate surface area is 140 Å². The van der Waals surface area contributed by atoms with E-state index in [1.165, 1.54) is 12.7 Å². The summed E-state index contributed by atoms with van der Waals surface area (Å²) in [5.74, 6) is 0.614. The number of esters is 1. The number of non-ortho nitro benzene ring substituents is 1. The summed E-state index contributed by atoms with van der Waals surface area (Å²) in [6.07, 6.45) is 2.25. The van der Waals surface area contributed by atoms with Gasteiger partial charge in [0, 0.05) is 17.5 Å². The van der Waals surface area contributed by atoms with Crippen LogP contribution in [-0.4, -0.2) is 18.0 Å². The predicted octanol–water partition coefficient (Wildman–Crippen LogP) is 3.70. The summed E-state index contributed by atoms with van der Waals surface area (Å²) in [6.45, 7) is 6.55. The Bertz CT molecular complexity index is 783. The van der Waals surface area contributed by atoms with E-state index in [2.05, 4.69) is 26.8 Å². The van der Waals surface area contributed by atoms with Crippen molar-refractivity contribution in [2.24, 2.45) is 28.6 Å². The van der Waals surface area contributed by atoms with E-state index < -0.39 is 0 Å². The Morgan fingerprint density at radius 3 is 2.42 bits per heavy atom. The van der Waals surface area contributed by atoms with Crippen molar-refractivity contribution >= 4 is 11.7 Å². The van der Waals surface area contributed by atoms with Crippen molar-refractivity contribution in [1.82, 2.24) is 0 Å². The Kier molecular flexibility index (Phi) is 2.86. The first-order valence-corrected chi connectivity index (χ1v) is 8.28. The SMILES string of the molecule is COC(=O)C1C2C3C(C)=CC1(C)[C@@H](c1ccc([N+](=O)[O-])cc1)C32C. The normalized spacial score (nSPS) is 41.6. The summed E-state index contributed by atoms with van der Waals surface area (Å²) in [5.41, 5.74) is 2.27. The molecule has 0 amide bonds. The lowest BCUT2D eigenvalue weighted by molar-refractivity contribution is -0.384. The van der Waals surface area contributed by atoms with Crippen LogP contribution >= 0.6 is 0 Å². The van der Waals surface area contributed by atoms with Crippen molar-refractivity contribution in [2.45, 2.75) is 26.7 Å². The second-order valence-corrected chi connectivity index (χ2v) is 7.91. The van der Waals surface area contributed by atoms with Crippen molar-refractivity contribution < 1.29 is 14.5 Å². The minimum Gasteiger partial charge on any atom is -0.469 e. The molecule has 1 aromatic rings. The van der Waals surface area contributed by atoms with Crippen LogP contribution in [0.5, 0.6) is 0 Å². The van der Waals surface area contributed by atoms with Gasteiger partial charge in [-0.05, 0) is 35.7 Å². The van der Waals surface area contributed by atoms with Gasteiger partial charge >= 0.3 is 5.97 Å². The van der Waals surface area contributed by atoms with Crippen molar-refractivity contribution in [1.29, 1.82) is 0 Å². The summed E-state index contributed by atoms with van der Waals surface area (Å²) in [5, 5.41) is 10.9. The number of hydrogen-bond acceptors (Lipinski definition) is 4. The molecular formula is C19H21NO4. The number of nitrogens with zero attached hydrogens (tertiary/aromatic N) is 1. The number of nitro benzene ring substituents is 1. The van der Waals surface area contributed by atoms with Crippen LogP contribution in [0.1, 0.15) is 32.3 Å². The number of nitro groups is 1. The number of carbonyl (C=O) groups excluding carboxylic acids is 1. The van der Waals surface area contributed by atoms with Gasteiger partial charge < -0.3 is 4.74 Å². The summed E-state index contributed by atoms with van der Waals surface area (Å²) in [7, 11) is 1.45. The molecule has 0 N–H and O–H groups in total. The predicted molar refractivity (Wildman–Crippen MR) is 88.3 cm³/mol. The van der Waals surface area contributed by atoms with Crippen LogP contribution in [0, 0.1) is 38.7 Å². The lowest BCUT2D eigenvalue weighted by atomic mass is 9.59. The van der Waals surface area contributed by atoms with Gasteiger partial charge in [0.05, 0.1) is 18.0 Å². The topological polar surface area (TPSA) is 69.4 Å². The Morgan fingerprint density at radius 2 is 1.88 bits per heavy atom. The quantitative estimate of drug-likeness (QED) is 0.367. The first-order valence-electron chi connectivity index (χ1n) is 8.28. The molecule has 5 nitrogen and oxygen atoms in total. The largest absolute Gasteiger partial charge is 0.469 e. The summed E-state index contributed by atoms with van der Waals surface area (Å²) in [6, 6.07) is 6.84. The second kappa shape index (κ2) is 4.47. The first-order chi connectivity index (χ1) is 11.3. The molecule has 2 fully saturated rings. The molecule has 0 saturated heterocycles. The number of benzene rings is 1. The molecule has 5 unspecified atom stereocenters. The number of hydrogen-bond donors (Lipinski definition) is 0. The molecule has 4 aliphatic carbocycles. The molecule has 0 radical (unpaired) electrons. The average Bonchev–Trinajstić information content (AvgIpc) is 3.08. The Balaban J connectivity index is 1.83. The van der Waals surface area contributed by atoms with Gasteiger partial charge in [0.15, 0.2) is 0 Å². The van der Waals surface area contributed by atoms with Crippen LogP contribution in [0.4, 0.5) is 5.69 Å². The third-order valence-electron chi connectivity index (χ3n) is 6.83. The second-order valence-electron chi connectivity index (χ2n) is 7.91. The molecule has 5 heteroatoms. The molecular weight excluding hydrogens is 306 g/mol. The van der Waals surface area contributed by atoms with E-state index >= 15 is 0 Å². The molecule has 0 spiro atoms. The highest BCUT2D eigenvalue weighted by atomic mass is 16.6. The minimum atomic E-state index is -0.380. The van der Waals surface area contributed by atoms with Crippen LogP contribution < -0.4 is 0 Å². The van der Waals surface area contributed by atoms with Crippen LogP contribution in [-0.2, 0) is 9.53 Å². The molecule has 6 atom stereocenters. The Hall–Kier alpha value is -2.17. The Morgan fingerprint density at radius 1 is 1.25 bits per heavy atom. The maximum absolute atomic E-state index is 12.5. The summed E-state index contributed by atoms with van der Waals surface area (Å²) in [4.78, 5) is 23.0. The van der Waals surface area contributed by atoms with Crippen LogP contribution in [0.3, 0.4) is 0 Å². The number of carbonyl (C=O) groups is 1. The summed E-state index contributed by atoms with van der Waals surface area (Å²) >= 11 is 0. The van der Waals surface area contributed by atoms with E-state index in [0.29, 0.717) is 11.8 Å². The average molecular weight is 327 g/mol. The van der Waals surface area contributed by atoms with E-state index in [1.807, 2.05) is 12.1 Å².